The van der Waals surface area contributed by atoms with Gasteiger partial charge in [-0.1, -0.05) is 42.5 Å². The molecule has 1 rings (SSSR count). The van der Waals surface area contributed by atoms with E-state index in [2.05, 4.69) is 17.4 Å². The number of carbonyl (C=O) groups is 1. The molecular weight excluding hydrogens is 226 g/mol. The fraction of sp³-hybridized carbons (Fsp3) is 0.400. The zero-order chi connectivity index (χ0) is 13.1. The van der Waals surface area contributed by atoms with Gasteiger partial charge in [0.05, 0.1) is 0 Å². The average Bonchev–Trinajstić information content (AvgIpc) is 2.41. The summed E-state index contributed by atoms with van der Waals surface area (Å²) in [4.78, 5) is 11.4. The van der Waals surface area contributed by atoms with E-state index in [0.717, 1.165) is 19.3 Å². The maximum absolute atomic E-state index is 11.4. The number of aliphatic hydroxyl groups is 1. The SMILES string of the molecule is O=C(C/C=C/Cc1ccccc1)NCCCCO. The van der Waals surface area contributed by atoms with Crippen molar-refractivity contribution in [2.45, 2.75) is 25.7 Å². The van der Waals surface area contributed by atoms with Gasteiger partial charge in [-0.05, 0) is 24.8 Å². The van der Waals surface area contributed by atoms with Crippen molar-refractivity contribution in [2.24, 2.45) is 0 Å². The van der Waals surface area contributed by atoms with Crippen LogP contribution in [0.2, 0.25) is 0 Å². The summed E-state index contributed by atoms with van der Waals surface area (Å²) in [5, 5.41) is 11.4. The largest absolute Gasteiger partial charge is 0.396 e. The van der Waals surface area contributed by atoms with E-state index in [1.165, 1.54) is 5.56 Å². The molecule has 0 saturated carbocycles. The van der Waals surface area contributed by atoms with E-state index in [0.29, 0.717) is 13.0 Å². The van der Waals surface area contributed by atoms with Crippen molar-refractivity contribution < 1.29 is 9.90 Å². The smallest absolute Gasteiger partial charge is 0.223 e. The van der Waals surface area contributed by atoms with E-state index >= 15 is 0 Å². The second kappa shape index (κ2) is 9.42. The Morgan fingerprint density at radius 2 is 1.94 bits per heavy atom. The summed E-state index contributed by atoms with van der Waals surface area (Å²) in [7, 11) is 0. The molecule has 3 nitrogen and oxygen atoms in total. The number of allylic oxidation sites excluding steroid dienone is 1. The van der Waals surface area contributed by atoms with Gasteiger partial charge in [-0.25, -0.2) is 0 Å². The summed E-state index contributed by atoms with van der Waals surface area (Å²) in [5.74, 6) is 0.0391. The first-order chi connectivity index (χ1) is 8.83. The Kier molecular flexibility index (Phi) is 7.57. The van der Waals surface area contributed by atoms with Gasteiger partial charge in [-0.3, -0.25) is 4.79 Å². The van der Waals surface area contributed by atoms with E-state index < -0.39 is 0 Å². The topological polar surface area (TPSA) is 49.3 Å². The highest BCUT2D eigenvalue weighted by atomic mass is 16.2. The molecule has 3 heteroatoms. The van der Waals surface area contributed by atoms with E-state index in [1.807, 2.05) is 30.4 Å². The molecule has 0 unspecified atom stereocenters. The molecule has 18 heavy (non-hydrogen) atoms. The summed E-state index contributed by atoms with van der Waals surface area (Å²) in [6.45, 7) is 0.832. The summed E-state index contributed by atoms with van der Waals surface area (Å²) in [5.41, 5.74) is 1.25. The Labute approximate surface area is 109 Å². The lowest BCUT2D eigenvalue weighted by atomic mass is 10.1. The van der Waals surface area contributed by atoms with E-state index in [4.69, 9.17) is 5.11 Å². The van der Waals surface area contributed by atoms with Crippen molar-refractivity contribution in [3.8, 4) is 0 Å². The van der Waals surface area contributed by atoms with Crippen LogP contribution in [0.3, 0.4) is 0 Å². The number of benzene rings is 1. The minimum absolute atomic E-state index is 0.0391. The lowest BCUT2D eigenvalue weighted by Gasteiger charge is -2.01. The maximum Gasteiger partial charge on any atom is 0.223 e. The minimum atomic E-state index is 0.0391. The Hall–Kier alpha value is -1.61. The number of hydrogen-bond donors (Lipinski definition) is 2. The first-order valence-electron chi connectivity index (χ1n) is 6.39. The highest BCUT2D eigenvalue weighted by molar-refractivity contribution is 5.77. The van der Waals surface area contributed by atoms with Crippen LogP contribution in [0.5, 0.6) is 0 Å². The molecule has 0 bridgehead atoms. The monoisotopic (exact) mass is 247 g/mol. The van der Waals surface area contributed by atoms with Crippen molar-refractivity contribution in [3.63, 3.8) is 0 Å². The van der Waals surface area contributed by atoms with Crippen molar-refractivity contribution in [2.75, 3.05) is 13.2 Å². The number of amides is 1. The molecule has 0 aliphatic carbocycles. The van der Waals surface area contributed by atoms with Crippen LogP contribution in [0.1, 0.15) is 24.8 Å². The second-order valence-corrected chi connectivity index (χ2v) is 4.15. The molecule has 0 radical (unpaired) electrons. The summed E-state index contributed by atoms with van der Waals surface area (Å²) in [6, 6.07) is 10.2. The molecule has 2 N–H and O–H groups in total. The highest BCUT2D eigenvalue weighted by Gasteiger charge is 1.96. The first kappa shape index (κ1) is 14.5. The predicted molar refractivity (Wildman–Crippen MR) is 73.2 cm³/mol. The standard InChI is InChI=1S/C15H21NO2/c17-13-7-6-12-16-15(18)11-5-4-10-14-8-2-1-3-9-14/h1-5,8-9,17H,6-7,10-13H2,(H,16,18)/b5-4+. The number of hydrogen-bond acceptors (Lipinski definition) is 2. The van der Waals surface area contributed by atoms with E-state index in [9.17, 15) is 4.79 Å². The molecule has 1 aromatic carbocycles. The summed E-state index contributed by atoms with van der Waals surface area (Å²) in [6.07, 6.45) is 6.77. The molecule has 0 aliphatic heterocycles. The minimum Gasteiger partial charge on any atom is -0.396 e. The van der Waals surface area contributed by atoms with Gasteiger partial charge in [0, 0.05) is 19.6 Å². The second-order valence-electron chi connectivity index (χ2n) is 4.15. The number of nitrogens with one attached hydrogen (secondary N) is 1. The van der Waals surface area contributed by atoms with Crippen molar-refractivity contribution in [3.05, 3.63) is 48.0 Å². The number of rotatable bonds is 8. The van der Waals surface area contributed by atoms with Crippen molar-refractivity contribution >= 4 is 5.91 Å². The zero-order valence-electron chi connectivity index (χ0n) is 10.6. The molecule has 0 spiro atoms. The van der Waals surface area contributed by atoms with Gasteiger partial charge in [0.25, 0.3) is 0 Å². The Bertz CT molecular complexity index is 360. The lowest BCUT2D eigenvalue weighted by Crippen LogP contribution is -2.23. The van der Waals surface area contributed by atoms with E-state index in [1.54, 1.807) is 0 Å². The van der Waals surface area contributed by atoms with Crippen LogP contribution in [-0.4, -0.2) is 24.2 Å². The quantitative estimate of drug-likeness (QED) is 0.546. The fourth-order valence-corrected chi connectivity index (χ4v) is 1.56. The van der Waals surface area contributed by atoms with Crippen molar-refractivity contribution in [1.29, 1.82) is 0 Å². The molecule has 98 valence electrons. The van der Waals surface area contributed by atoms with Gasteiger partial charge in [0.2, 0.25) is 5.91 Å². The molecular formula is C15H21NO2. The van der Waals surface area contributed by atoms with Gasteiger partial charge in [-0.2, -0.15) is 0 Å². The first-order valence-corrected chi connectivity index (χ1v) is 6.39. The maximum atomic E-state index is 11.4. The number of carbonyl (C=O) groups excluding carboxylic acids is 1. The Morgan fingerprint density at radius 1 is 1.17 bits per heavy atom. The summed E-state index contributed by atoms with van der Waals surface area (Å²) < 4.78 is 0. The molecule has 1 amide bonds. The highest BCUT2D eigenvalue weighted by Crippen LogP contribution is 2.00. The van der Waals surface area contributed by atoms with Crippen LogP contribution >= 0.6 is 0 Å². The van der Waals surface area contributed by atoms with Crippen LogP contribution in [0, 0.1) is 0 Å². The van der Waals surface area contributed by atoms with Crippen LogP contribution < -0.4 is 5.32 Å². The van der Waals surface area contributed by atoms with Gasteiger partial charge in [-0.15, -0.1) is 0 Å². The van der Waals surface area contributed by atoms with Gasteiger partial charge < -0.3 is 10.4 Å². The zero-order valence-corrected chi connectivity index (χ0v) is 10.6. The van der Waals surface area contributed by atoms with Crippen molar-refractivity contribution in [1.82, 2.24) is 5.32 Å². The van der Waals surface area contributed by atoms with Crippen LogP contribution in [0.4, 0.5) is 0 Å². The number of unbranched alkanes of at least 4 members (excludes halogenated alkanes) is 1. The molecule has 0 aromatic heterocycles. The summed E-state index contributed by atoms with van der Waals surface area (Å²) >= 11 is 0. The van der Waals surface area contributed by atoms with Crippen LogP contribution in [0.25, 0.3) is 0 Å². The molecule has 0 fully saturated rings. The Morgan fingerprint density at radius 3 is 2.67 bits per heavy atom. The van der Waals surface area contributed by atoms with Gasteiger partial charge >= 0.3 is 0 Å². The molecule has 1 aromatic rings. The molecule has 0 aliphatic rings. The normalized spacial score (nSPS) is 10.7. The third kappa shape index (κ3) is 6.86. The fourth-order valence-electron chi connectivity index (χ4n) is 1.56. The molecule has 0 atom stereocenters. The van der Waals surface area contributed by atoms with Gasteiger partial charge in [0.1, 0.15) is 0 Å². The van der Waals surface area contributed by atoms with E-state index in [-0.39, 0.29) is 12.5 Å². The van der Waals surface area contributed by atoms with Gasteiger partial charge in [0.15, 0.2) is 0 Å². The average molecular weight is 247 g/mol. The number of aliphatic hydroxyl groups excluding tert-OH is 1. The third-order valence-corrected chi connectivity index (χ3v) is 2.57. The lowest BCUT2D eigenvalue weighted by molar-refractivity contribution is -0.120. The third-order valence-electron chi connectivity index (χ3n) is 2.57. The van der Waals surface area contributed by atoms with Crippen LogP contribution in [-0.2, 0) is 11.2 Å². The van der Waals surface area contributed by atoms with Crippen LogP contribution in [0.15, 0.2) is 42.5 Å². The molecule has 0 heterocycles. The molecule has 0 saturated heterocycles. The Balaban J connectivity index is 2.10. The predicted octanol–water partition coefficient (Wildman–Crippen LogP) is 2.06.